The van der Waals surface area contributed by atoms with Crippen molar-refractivity contribution in [1.82, 2.24) is 5.32 Å². The van der Waals surface area contributed by atoms with Crippen molar-refractivity contribution < 1.29 is 0 Å². The van der Waals surface area contributed by atoms with Crippen LogP contribution in [-0.4, -0.2) is 6.54 Å². The summed E-state index contributed by atoms with van der Waals surface area (Å²) in [7, 11) is 0. The van der Waals surface area contributed by atoms with Gasteiger partial charge in [-0.3, -0.25) is 0 Å². The fraction of sp³-hybridized carbons (Fsp3) is 0.375. The van der Waals surface area contributed by atoms with Gasteiger partial charge in [0.25, 0.3) is 0 Å². The van der Waals surface area contributed by atoms with Crippen LogP contribution in [0.3, 0.4) is 0 Å². The second-order valence-electron chi connectivity index (χ2n) is 4.94. The van der Waals surface area contributed by atoms with Crippen LogP contribution in [0.25, 0.3) is 0 Å². The smallest absolute Gasteiger partial charge is 0.0467 e. The molecular formula is C16H20BrNS. The average molecular weight is 338 g/mol. The van der Waals surface area contributed by atoms with Gasteiger partial charge in [0.1, 0.15) is 0 Å². The highest BCUT2D eigenvalue weighted by Crippen LogP contribution is 2.31. The molecule has 1 atom stereocenters. The Labute approximate surface area is 128 Å². The summed E-state index contributed by atoms with van der Waals surface area (Å²) in [4.78, 5) is 1.39. The molecule has 1 aromatic heterocycles. The summed E-state index contributed by atoms with van der Waals surface area (Å²) in [5.41, 5.74) is 4.09. The SMILES string of the molecule is CCNC(Cc1cc(C)cc(C)c1)c1sccc1Br. The van der Waals surface area contributed by atoms with E-state index in [1.54, 1.807) is 0 Å². The zero-order chi connectivity index (χ0) is 13.8. The van der Waals surface area contributed by atoms with E-state index in [2.05, 4.69) is 71.7 Å². The quantitative estimate of drug-likeness (QED) is 0.807. The summed E-state index contributed by atoms with van der Waals surface area (Å²) in [6.45, 7) is 7.48. The first-order valence-corrected chi connectivity index (χ1v) is 8.31. The van der Waals surface area contributed by atoms with Gasteiger partial charge in [-0.25, -0.2) is 0 Å². The number of benzene rings is 1. The molecule has 0 saturated carbocycles. The van der Waals surface area contributed by atoms with Crippen LogP contribution in [0, 0.1) is 13.8 Å². The number of thiophene rings is 1. The van der Waals surface area contributed by atoms with Crippen LogP contribution >= 0.6 is 27.3 Å². The fourth-order valence-corrected chi connectivity index (χ4v) is 4.21. The molecule has 3 heteroatoms. The monoisotopic (exact) mass is 337 g/mol. The summed E-state index contributed by atoms with van der Waals surface area (Å²) in [5, 5.41) is 5.74. The van der Waals surface area contributed by atoms with Gasteiger partial charge in [0.05, 0.1) is 0 Å². The van der Waals surface area contributed by atoms with E-state index in [1.165, 1.54) is 26.0 Å². The van der Waals surface area contributed by atoms with Gasteiger partial charge in [0.2, 0.25) is 0 Å². The Morgan fingerprint density at radius 3 is 2.42 bits per heavy atom. The van der Waals surface area contributed by atoms with Gasteiger partial charge in [-0.15, -0.1) is 11.3 Å². The molecule has 1 unspecified atom stereocenters. The lowest BCUT2D eigenvalue weighted by atomic mass is 10.0. The van der Waals surface area contributed by atoms with Crippen molar-refractivity contribution in [2.75, 3.05) is 6.54 Å². The average Bonchev–Trinajstić information content (AvgIpc) is 2.73. The molecular weight excluding hydrogens is 318 g/mol. The fourth-order valence-electron chi connectivity index (χ4n) is 2.48. The van der Waals surface area contributed by atoms with E-state index in [4.69, 9.17) is 0 Å². The predicted molar refractivity (Wildman–Crippen MR) is 88.1 cm³/mol. The third-order valence-electron chi connectivity index (χ3n) is 3.13. The Morgan fingerprint density at radius 1 is 1.21 bits per heavy atom. The van der Waals surface area contributed by atoms with Crippen LogP contribution in [-0.2, 0) is 6.42 Å². The molecule has 0 aliphatic heterocycles. The Morgan fingerprint density at radius 2 is 1.89 bits per heavy atom. The largest absolute Gasteiger partial charge is 0.309 e. The minimum atomic E-state index is 0.389. The number of rotatable bonds is 5. The Balaban J connectivity index is 2.23. The molecule has 2 rings (SSSR count). The van der Waals surface area contributed by atoms with Gasteiger partial charge in [-0.1, -0.05) is 36.2 Å². The van der Waals surface area contributed by atoms with Gasteiger partial charge in [-0.2, -0.15) is 0 Å². The van der Waals surface area contributed by atoms with E-state index in [9.17, 15) is 0 Å². The zero-order valence-corrected chi connectivity index (χ0v) is 14.1. The molecule has 0 aliphatic rings. The molecule has 0 bridgehead atoms. The standard InChI is InChI=1S/C16H20BrNS/c1-4-18-15(16-14(17)5-6-19-16)10-13-8-11(2)7-12(3)9-13/h5-9,15,18H,4,10H2,1-3H3. The Hall–Kier alpha value is -0.640. The van der Waals surface area contributed by atoms with Crippen LogP contribution in [0.1, 0.15) is 34.5 Å². The van der Waals surface area contributed by atoms with Gasteiger partial charge >= 0.3 is 0 Å². The molecule has 0 spiro atoms. The third-order valence-corrected chi connectivity index (χ3v) is 5.12. The number of nitrogens with one attached hydrogen (secondary N) is 1. The van der Waals surface area contributed by atoms with Crippen molar-refractivity contribution in [2.45, 2.75) is 33.2 Å². The molecule has 1 heterocycles. The predicted octanol–water partition coefficient (Wildman–Crippen LogP) is 5.02. The summed E-state index contributed by atoms with van der Waals surface area (Å²) >= 11 is 5.47. The Kier molecular flexibility index (Phi) is 5.20. The molecule has 2 aromatic rings. The van der Waals surface area contributed by atoms with Crippen molar-refractivity contribution in [1.29, 1.82) is 0 Å². The van der Waals surface area contributed by atoms with Crippen molar-refractivity contribution in [2.24, 2.45) is 0 Å². The second-order valence-corrected chi connectivity index (χ2v) is 6.75. The van der Waals surface area contributed by atoms with Gasteiger partial charge in [-0.05, 0) is 59.8 Å². The highest BCUT2D eigenvalue weighted by atomic mass is 79.9. The first-order valence-electron chi connectivity index (χ1n) is 6.63. The number of halogens is 1. The van der Waals surface area contributed by atoms with Crippen LogP contribution in [0.5, 0.6) is 0 Å². The Bertz CT molecular complexity index is 527. The number of aryl methyl sites for hydroxylation is 2. The van der Waals surface area contributed by atoms with Crippen molar-refractivity contribution in [3.63, 3.8) is 0 Å². The zero-order valence-electron chi connectivity index (χ0n) is 11.7. The molecule has 1 aromatic carbocycles. The minimum absolute atomic E-state index is 0.389. The summed E-state index contributed by atoms with van der Waals surface area (Å²) < 4.78 is 1.22. The summed E-state index contributed by atoms with van der Waals surface area (Å²) in [6, 6.07) is 9.33. The molecule has 0 saturated heterocycles. The number of hydrogen-bond donors (Lipinski definition) is 1. The van der Waals surface area contributed by atoms with Crippen LogP contribution in [0.2, 0.25) is 0 Å². The van der Waals surface area contributed by atoms with Crippen LogP contribution < -0.4 is 5.32 Å². The van der Waals surface area contributed by atoms with Crippen LogP contribution in [0.4, 0.5) is 0 Å². The lowest BCUT2D eigenvalue weighted by Crippen LogP contribution is -2.22. The summed E-state index contributed by atoms with van der Waals surface area (Å²) in [5.74, 6) is 0. The first-order chi connectivity index (χ1) is 9.10. The molecule has 1 N–H and O–H groups in total. The molecule has 19 heavy (non-hydrogen) atoms. The second kappa shape index (κ2) is 6.69. The molecule has 102 valence electrons. The van der Waals surface area contributed by atoms with Gasteiger partial charge in [0.15, 0.2) is 0 Å². The van der Waals surface area contributed by atoms with Gasteiger partial charge in [0, 0.05) is 15.4 Å². The molecule has 1 nitrogen and oxygen atoms in total. The van der Waals surface area contributed by atoms with Crippen molar-refractivity contribution >= 4 is 27.3 Å². The van der Waals surface area contributed by atoms with E-state index < -0.39 is 0 Å². The van der Waals surface area contributed by atoms with E-state index in [0.29, 0.717) is 6.04 Å². The highest BCUT2D eigenvalue weighted by molar-refractivity contribution is 9.10. The van der Waals surface area contributed by atoms with E-state index >= 15 is 0 Å². The maximum Gasteiger partial charge on any atom is 0.0467 e. The topological polar surface area (TPSA) is 12.0 Å². The maximum absolute atomic E-state index is 3.65. The van der Waals surface area contributed by atoms with Crippen LogP contribution in [0.15, 0.2) is 34.1 Å². The van der Waals surface area contributed by atoms with Crippen molar-refractivity contribution in [3.05, 3.63) is 55.7 Å². The summed E-state index contributed by atoms with van der Waals surface area (Å²) in [6.07, 6.45) is 1.04. The van der Waals surface area contributed by atoms with Crippen molar-refractivity contribution in [3.8, 4) is 0 Å². The van der Waals surface area contributed by atoms with E-state index in [1.807, 2.05) is 11.3 Å². The lowest BCUT2D eigenvalue weighted by Gasteiger charge is -2.18. The molecule has 0 radical (unpaired) electrons. The normalized spacial score (nSPS) is 12.6. The van der Waals surface area contributed by atoms with E-state index in [0.717, 1.165) is 13.0 Å². The minimum Gasteiger partial charge on any atom is -0.309 e. The number of hydrogen-bond acceptors (Lipinski definition) is 2. The van der Waals surface area contributed by atoms with Gasteiger partial charge < -0.3 is 5.32 Å². The highest BCUT2D eigenvalue weighted by Gasteiger charge is 2.15. The van der Waals surface area contributed by atoms with E-state index in [-0.39, 0.29) is 0 Å². The first kappa shape index (κ1) is 14.8. The third kappa shape index (κ3) is 3.91. The molecule has 0 aliphatic carbocycles. The lowest BCUT2D eigenvalue weighted by molar-refractivity contribution is 0.556. The number of likely N-dealkylation sites (N-methyl/N-ethyl adjacent to an activating group) is 1. The molecule has 0 amide bonds. The molecule has 0 fully saturated rings. The maximum atomic E-state index is 3.65.